The van der Waals surface area contributed by atoms with Crippen LogP contribution in [0.4, 0.5) is 0 Å². The lowest BCUT2D eigenvalue weighted by molar-refractivity contribution is -0.170. The molecule has 16 heavy (non-hydrogen) atoms. The highest BCUT2D eigenvalue weighted by molar-refractivity contribution is 6.25. The van der Waals surface area contributed by atoms with Crippen LogP contribution in [-0.2, 0) is 19.1 Å². The first-order chi connectivity index (χ1) is 7.52. The number of ether oxygens (including phenoxy) is 2. The average molecular weight is 249 g/mol. The van der Waals surface area contributed by atoms with Gasteiger partial charge in [-0.3, -0.25) is 9.59 Å². The van der Waals surface area contributed by atoms with Crippen LogP contribution >= 0.6 is 11.6 Å². The Morgan fingerprint density at radius 2 is 1.62 bits per heavy atom. The van der Waals surface area contributed by atoms with Crippen molar-refractivity contribution in [3.8, 4) is 0 Å². The van der Waals surface area contributed by atoms with Crippen molar-refractivity contribution in [2.45, 2.75) is 27.2 Å². The number of allylic oxidation sites excluding steroid dienone is 1. The fourth-order valence-corrected chi connectivity index (χ4v) is 1.20. The second-order valence-electron chi connectivity index (χ2n) is 3.34. The molecule has 0 N–H and O–H groups in total. The number of hydrogen-bond acceptors (Lipinski definition) is 4. The minimum atomic E-state index is -1.32. The number of halogens is 1. The zero-order chi connectivity index (χ0) is 12.6. The topological polar surface area (TPSA) is 52.6 Å². The Balaban J connectivity index is 4.85. The molecule has 5 heteroatoms. The first-order valence-corrected chi connectivity index (χ1v) is 5.56. The SMILES string of the molecule is CCOC(=O)C(C)(C/C=C/Cl)C(=O)OCC. The minimum absolute atomic E-state index is 0.161. The maximum Gasteiger partial charge on any atom is 0.323 e. The van der Waals surface area contributed by atoms with Gasteiger partial charge in [0.15, 0.2) is 5.41 Å². The summed E-state index contributed by atoms with van der Waals surface area (Å²) in [5, 5.41) is 0. The van der Waals surface area contributed by atoms with E-state index in [0.29, 0.717) is 0 Å². The highest BCUT2D eigenvalue weighted by atomic mass is 35.5. The molecule has 0 atom stereocenters. The van der Waals surface area contributed by atoms with E-state index in [0.717, 1.165) is 0 Å². The van der Waals surface area contributed by atoms with Crippen molar-refractivity contribution >= 4 is 23.5 Å². The summed E-state index contributed by atoms with van der Waals surface area (Å²) in [6.45, 7) is 5.29. The lowest BCUT2D eigenvalue weighted by Crippen LogP contribution is -2.39. The third-order valence-corrected chi connectivity index (χ3v) is 2.25. The summed E-state index contributed by atoms with van der Waals surface area (Å²) in [7, 11) is 0. The summed E-state index contributed by atoms with van der Waals surface area (Å²) in [6, 6.07) is 0. The van der Waals surface area contributed by atoms with E-state index in [1.165, 1.54) is 18.5 Å². The normalized spacial score (nSPS) is 11.5. The van der Waals surface area contributed by atoms with Gasteiger partial charge in [-0.25, -0.2) is 0 Å². The predicted octanol–water partition coefficient (Wildman–Crippen LogP) is 2.26. The average Bonchev–Trinajstić information content (AvgIpc) is 2.26. The summed E-state index contributed by atoms with van der Waals surface area (Å²) in [5.41, 5.74) is -0.0614. The molecule has 0 saturated carbocycles. The Morgan fingerprint density at radius 1 is 1.19 bits per heavy atom. The van der Waals surface area contributed by atoms with Gasteiger partial charge in [-0.1, -0.05) is 17.7 Å². The molecule has 0 aliphatic carbocycles. The molecule has 0 rings (SSSR count). The van der Waals surface area contributed by atoms with Gasteiger partial charge in [-0.05, 0) is 27.2 Å². The van der Waals surface area contributed by atoms with Gasteiger partial charge in [-0.15, -0.1) is 0 Å². The molecule has 0 aliphatic rings. The van der Waals surface area contributed by atoms with Crippen LogP contribution in [0.5, 0.6) is 0 Å². The first kappa shape index (κ1) is 15.0. The molecule has 4 nitrogen and oxygen atoms in total. The Bertz CT molecular complexity index is 255. The van der Waals surface area contributed by atoms with Crippen molar-refractivity contribution in [1.29, 1.82) is 0 Å². The van der Waals surface area contributed by atoms with Crippen LogP contribution in [0.3, 0.4) is 0 Å². The second kappa shape index (κ2) is 7.28. The molecule has 0 aromatic rings. The Labute approximate surface area is 101 Å². The van der Waals surface area contributed by atoms with Crippen molar-refractivity contribution in [1.82, 2.24) is 0 Å². The van der Waals surface area contributed by atoms with E-state index in [1.54, 1.807) is 13.8 Å². The standard InChI is InChI=1S/C11H17ClO4/c1-4-15-9(13)11(3,7-6-8-12)10(14)16-5-2/h6,8H,4-5,7H2,1-3H3/b8-6+. The number of carbonyl (C=O) groups excluding carboxylic acids is 2. The van der Waals surface area contributed by atoms with Gasteiger partial charge < -0.3 is 9.47 Å². The van der Waals surface area contributed by atoms with Crippen LogP contribution in [0, 0.1) is 5.41 Å². The fourth-order valence-electron chi connectivity index (χ4n) is 1.11. The molecule has 0 aromatic carbocycles. The summed E-state index contributed by atoms with van der Waals surface area (Å²) in [4.78, 5) is 23.4. The quantitative estimate of drug-likeness (QED) is 0.534. The summed E-state index contributed by atoms with van der Waals surface area (Å²) < 4.78 is 9.71. The third kappa shape index (κ3) is 3.85. The van der Waals surface area contributed by atoms with Crippen molar-refractivity contribution < 1.29 is 19.1 Å². The summed E-state index contributed by atoms with van der Waals surface area (Å²) in [5.74, 6) is -1.19. The lowest BCUT2D eigenvalue weighted by atomic mass is 9.87. The molecule has 0 unspecified atom stereocenters. The monoisotopic (exact) mass is 248 g/mol. The van der Waals surface area contributed by atoms with Gasteiger partial charge in [0.1, 0.15) is 0 Å². The zero-order valence-electron chi connectivity index (χ0n) is 9.79. The maximum atomic E-state index is 11.7. The highest BCUT2D eigenvalue weighted by Gasteiger charge is 2.43. The van der Waals surface area contributed by atoms with Crippen molar-refractivity contribution in [3.05, 3.63) is 11.6 Å². The molecular formula is C11H17ClO4. The van der Waals surface area contributed by atoms with Crippen molar-refractivity contribution in [3.63, 3.8) is 0 Å². The van der Waals surface area contributed by atoms with E-state index in [2.05, 4.69) is 0 Å². The Kier molecular flexibility index (Phi) is 6.81. The number of rotatable bonds is 6. The third-order valence-electron chi connectivity index (χ3n) is 2.07. The van der Waals surface area contributed by atoms with Crippen LogP contribution in [0.2, 0.25) is 0 Å². The Hall–Kier alpha value is -1.03. The second-order valence-corrected chi connectivity index (χ2v) is 3.59. The van der Waals surface area contributed by atoms with Gasteiger partial charge in [0.25, 0.3) is 0 Å². The number of esters is 2. The van der Waals surface area contributed by atoms with Gasteiger partial charge in [0, 0.05) is 5.54 Å². The maximum absolute atomic E-state index is 11.7. The first-order valence-electron chi connectivity index (χ1n) is 5.12. The van der Waals surface area contributed by atoms with E-state index in [1.807, 2.05) is 0 Å². The van der Waals surface area contributed by atoms with Gasteiger partial charge in [-0.2, -0.15) is 0 Å². The van der Waals surface area contributed by atoms with E-state index in [9.17, 15) is 9.59 Å². The van der Waals surface area contributed by atoms with Crippen LogP contribution in [0.25, 0.3) is 0 Å². The van der Waals surface area contributed by atoms with E-state index in [4.69, 9.17) is 21.1 Å². The van der Waals surface area contributed by atoms with Gasteiger partial charge >= 0.3 is 11.9 Å². The molecule has 0 radical (unpaired) electrons. The highest BCUT2D eigenvalue weighted by Crippen LogP contribution is 2.26. The van der Waals surface area contributed by atoms with Crippen LogP contribution in [0.1, 0.15) is 27.2 Å². The molecule has 0 aromatic heterocycles. The molecule has 0 fully saturated rings. The molecule has 0 aliphatic heterocycles. The molecule has 0 amide bonds. The molecular weight excluding hydrogens is 232 g/mol. The van der Waals surface area contributed by atoms with E-state index in [-0.39, 0.29) is 19.6 Å². The zero-order valence-corrected chi connectivity index (χ0v) is 10.5. The number of hydrogen-bond donors (Lipinski definition) is 0. The summed E-state index contributed by atoms with van der Waals surface area (Å²) >= 11 is 5.39. The Morgan fingerprint density at radius 3 is 1.94 bits per heavy atom. The molecule has 0 heterocycles. The lowest BCUT2D eigenvalue weighted by Gasteiger charge is -2.23. The van der Waals surface area contributed by atoms with E-state index >= 15 is 0 Å². The van der Waals surface area contributed by atoms with Gasteiger partial charge in [0.2, 0.25) is 0 Å². The van der Waals surface area contributed by atoms with E-state index < -0.39 is 17.4 Å². The van der Waals surface area contributed by atoms with Crippen molar-refractivity contribution in [2.75, 3.05) is 13.2 Å². The fraction of sp³-hybridized carbons (Fsp3) is 0.636. The summed E-state index contributed by atoms with van der Waals surface area (Å²) in [6.07, 6.45) is 1.68. The van der Waals surface area contributed by atoms with Crippen molar-refractivity contribution in [2.24, 2.45) is 5.41 Å². The predicted molar refractivity (Wildman–Crippen MR) is 61.0 cm³/mol. The number of carbonyl (C=O) groups is 2. The minimum Gasteiger partial charge on any atom is -0.465 e. The largest absolute Gasteiger partial charge is 0.465 e. The molecule has 0 spiro atoms. The van der Waals surface area contributed by atoms with Crippen LogP contribution < -0.4 is 0 Å². The molecule has 0 saturated heterocycles. The van der Waals surface area contributed by atoms with Gasteiger partial charge in [0.05, 0.1) is 13.2 Å². The molecule has 0 bridgehead atoms. The molecule has 92 valence electrons. The smallest absolute Gasteiger partial charge is 0.323 e. The van der Waals surface area contributed by atoms with Crippen LogP contribution in [-0.4, -0.2) is 25.2 Å². The van der Waals surface area contributed by atoms with Crippen LogP contribution in [0.15, 0.2) is 11.6 Å².